The number of rotatable bonds is 4. The first-order chi connectivity index (χ1) is 9.82. The summed E-state index contributed by atoms with van der Waals surface area (Å²) in [6.45, 7) is 5.48. The van der Waals surface area contributed by atoms with Gasteiger partial charge in [-0.15, -0.1) is 0 Å². The summed E-state index contributed by atoms with van der Waals surface area (Å²) in [5.74, 6) is 0.812. The Morgan fingerprint density at radius 1 is 1.24 bits per heavy atom. The molecule has 1 saturated heterocycles. The number of sulfonamides is 1. The average Bonchev–Trinajstić information content (AvgIpc) is 2.45. The van der Waals surface area contributed by atoms with Crippen LogP contribution in [0, 0.1) is 0 Å². The molecule has 7 heteroatoms. The molecule has 0 aliphatic carbocycles. The van der Waals surface area contributed by atoms with E-state index in [1.807, 2.05) is 13.8 Å². The Morgan fingerprint density at radius 2 is 1.95 bits per heavy atom. The molecule has 6 nitrogen and oxygen atoms in total. The number of nitrogens with one attached hydrogen (secondary N) is 1. The maximum absolute atomic E-state index is 13.0. The van der Waals surface area contributed by atoms with Gasteiger partial charge >= 0.3 is 0 Å². The topological polar surface area (TPSA) is 67.9 Å². The van der Waals surface area contributed by atoms with Gasteiger partial charge in [-0.1, -0.05) is 0 Å². The SMILES string of the molecule is COc1ccc(OC)c(S(=O)(=O)N2CCNCC2(C)C)c1. The van der Waals surface area contributed by atoms with E-state index in [1.165, 1.54) is 24.6 Å². The van der Waals surface area contributed by atoms with Crippen molar-refractivity contribution in [3.63, 3.8) is 0 Å². The van der Waals surface area contributed by atoms with Crippen LogP contribution in [0.15, 0.2) is 23.1 Å². The fourth-order valence-electron chi connectivity index (χ4n) is 2.52. The number of nitrogens with zero attached hydrogens (tertiary/aromatic N) is 1. The second-order valence-corrected chi connectivity index (χ2v) is 7.41. The van der Waals surface area contributed by atoms with Gasteiger partial charge in [0.25, 0.3) is 0 Å². The molecular formula is C14H22N2O4S. The molecule has 1 aromatic rings. The first-order valence-electron chi connectivity index (χ1n) is 6.78. The van der Waals surface area contributed by atoms with Crippen LogP contribution in [0.2, 0.25) is 0 Å². The third-order valence-corrected chi connectivity index (χ3v) is 5.80. The zero-order valence-corrected chi connectivity index (χ0v) is 13.7. The Balaban J connectivity index is 2.52. The summed E-state index contributed by atoms with van der Waals surface area (Å²) in [4.78, 5) is 0.138. The first-order valence-corrected chi connectivity index (χ1v) is 8.22. The van der Waals surface area contributed by atoms with E-state index in [4.69, 9.17) is 9.47 Å². The molecule has 0 bridgehead atoms. The van der Waals surface area contributed by atoms with Crippen molar-refractivity contribution in [1.29, 1.82) is 0 Å². The molecule has 0 amide bonds. The molecule has 1 N–H and O–H groups in total. The minimum Gasteiger partial charge on any atom is -0.497 e. The van der Waals surface area contributed by atoms with E-state index in [9.17, 15) is 8.42 Å². The van der Waals surface area contributed by atoms with E-state index in [1.54, 1.807) is 12.1 Å². The standard InChI is InChI=1S/C14H22N2O4S/c1-14(2)10-15-7-8-16(14)21(17,18)13-9-11(19-3)5-6-12(13)20-4/h5-6,9,15H,7-8,10H2,1-4H3. The van der Waals surface area contributed by atoms with Crippen molar-refractivity contribution in [2.45, 2.75) is 24.3 Å². The average molecular weight is 314 g/mol. The van der Waals surface area contributed by atoms with Crippen molar-refractivity contribution in [3.05, 3.63) is 18.2 Å². The molecule has 0 spiro atoms. The second-order valence-electron chi connectivity index (χ2n) is 5.58. The minimum absolute atomic E-state index is 0.138. The van der Waals surface area contributed by atoms with E-state index < -0.39 is 15.6 Å². The van der Waals surface area contributed by atoms with Crippen molar-refractivity contribution < 1.29 is 17.9 Å². The van der Waals surface area contributed by atoms with Crippen molar-refractivity contribution >= 4 is 10.0 Å². The molecule has 0 saturated carbocycles. The van der Waals surface area contributed by atoms with Crippen LogP contribution in [0.1, 0.15) is 13.8 Å². The molecule has 1 aromatic carbocycles. The molecule has 1 fully saturated rings. The largest absolute Gasteiger partial charge is 0.497 e. The predicted octanol–water partition coefficient (Wildman–Crippen LogP) is 1.08. The molecule has 2 rings (SSSR count). The van der Waals surface area contributed by atoms with Gasteiger partial charge in [0, 0.05) is 31.2 Å². The lowest BCUT2D eigenvalue weighted by Crippen LogP contribution is -2.59. The third kappa shape index (κ3) is 3.00. The third-order valence-electron chi connectivity index (χ3n) is 3.66. The van der Waals surface area contributed by atoms with Crippen LogP contribution in [0.3, 0.4) is 0 Å². The fraction of sp³-hybridized carbons (Fsp3) is 0.571. The van der Waals surface area contributed by atoms with Crippen LogP contribution in [0.5, 0.6) is 11.5 Å². The number of hydrogen-bond donors (Lipinski definition) is 1. The monoisotopic (exact) mass is 314 g/mol. The van der Waals surface area contributed by atoms with Crippen LogP contribution < -0.4 is 14.8 Å². The van der Waals surface area contributed by atoms with Crippen LogP contribution >= 0.6 is 0 Å². The molecule has 0 atom stereocenters. The minimum atomic E-state index is -3.66. The van der Waals surface area contributed by atoms with Crippen molar-refractivity contribution in [2.75, 3.05) is 33.9 Å². The molecule has 1 aliphatic rings. The lowest BCUT2D eigenvalue weighted by molar-refractivity contribution is 0.185. The summed E-state index contributed by atoms with van der Waals surface area (Å²) in [6.07, 6.45) is 0. The maximum Gasteiger partial charge on any atom is 0.247 e. The van der Waals surface area contributed by atoms with Gasteiger partial charge in [0.2, 0.25) is 10.0 Å². The van der Waals surface area contributed by atoms with E-state index >= 15 is 0 Å². The van der Waals surface area contributed by atoms with E-state index in [2.05, 4.69) is 5.32 Å². The fourth-order valence-corrected chi connectivity index (χ4v) is 4.47. The Kier molecular flexibility index (Phi) is 4.46. The molecule has 118 valence electrons. The highest BCUT2D eigenvalue weighted by Crippen LogP contribution is 2.33. The molecular weight excluding hydrogens is 292 g/mol. The van der Waals surface area contributed by atoms with E-state index in [-0.39, 0.29) is 4.90 Å². The zero-order valence-electron chi connectivity index (χ0n) is 12.8. The summed E-state index contributed by atoms with van der Waals surface area (Å²) in [5.41, 5.74) is -0.495. The van der Waals surface area contributed by atoms with Gasteiger partial charge in [0.15, 0.2) is 0 Å². The van der Waals surface area contributed by atoms with Crippen molar-refractivity contribution in [2.24, 2.45) is 0 Å². The Morgan fingerprint density at radius 3 is 2.52 bits per heavy atom. The summed E-state index contributed by atoms with van der Waals surface area (Å²) < 4.78 is 37.9. The van der Waals surface area contributed by atoms with Gasteiger partial charge in [-0.3, -0.25) is 0 Å². The van der Waals surface area contributed by atoms with Gasteiger partial charge in [-0.25, -0.2) is 8.42 Å². The molecule has 1 aliphatic heterocycles. The highest BCUT2D eigenvalue weighted by Gasteiger charge is 2.40. The number of ether oxygens (including phenoxy) is 2. The number of methoxy groups -OCH3 is 2. The predicted molar refractivity (Wildman–Crippen MR) is 80.4 cm³/mol. The van der Waals surface area contributed by atoms with Crippen LogP contribution in [0.4, 0.5) is 0 Å². The van der Waals surface area contributed by atoms with Crippen molar-refractivity contribution in [3.8, 4) is 11.5 Å². The number of hydrogen-bond acceptors (Lipinski definition) is 5. The number of benzene rings is 1. The van der Waals surface area contributed by atoms with Gasteiger partial charge in [0.05, 0.1) is 14.2 Å². The highest BCUT2D eigenvalue weighted by molar-refractivity contribution is 7.89. The second kappa shape index (κ2) is 5.82. The van der Waals surface area contributed by atoms with E-state index in [0.29, 0.717) is 31.1 Å². The lowest BCUT2D eigenvalue weighted by Gasteiger charge is -2.41. The van der Waals surface area contributed by atoms with Gasteiger partial charge in [-0.05, 0) is 26.0 Å². The molecule has 0 aromatic heterocycles. The molecule has 1 heterocycles. The molecule has 0 radical (unpaired) electrons. The maximum atomic E-state index is 13.0. The highest BCUT2D eigenvalue weighted by atomic mass is 32.2. The van der Waals surface area contributed by atoms with Crippen molar-refractivity contribution in [1.82, 2.24) is 9.62 Å². The number of piperazine rings is 1. The van der Waals surface area contributed by atoms with Crippen LogP contribution in [-0.4, -0.2) is 52.1 Å². The summed E-state index contributed by atoms with van der Waals surface area (Å²) in [7, 11) is -0.688. The quantitative estimate of drug-likeness (QED) is 0.900. The Bertz CT molecular complexity index is 613. The first kappa shape index (κ1) is 16.1. The smallest absolute Gasteiger partial charge is 0.247 e. The van der Waals surface area contributed by atoms with E-state index in [0.717, 1.165) is 0 Å². The zero-order chi connectivity index (χ0) is 15.7. The van der Waals surface area contributed by atoms with Crippen LogP contribution in [-0.2, 0) is 10.0 Å². The van der Waals surface area contributed by atoms with Gasteiger partial charge in [0.1, 0.15) is 16.4 Å². The normalized spacial score (nSPS) is 19.2. The lowest BCUT2D eigenvalue weighted by atomic mass is 10.0. The Labute approximate surface area is 126 Å². The summed E-state index contributed by atoms with van der Waals surface area (Å²) in [5, 5.41) is 3.22. The Hall–Kier alpha value is -1.31. The van der Waals surface area contributed by atoms with Gasteiger partial charge in [-0.2, -0.15) is 4.31 Å². The molecule has 0 unspecified atom stereocenters. The van der Waals surface area contributed by atoms with Gasteiger partial charge < -0.3 is 14.8 Å². The summed E-state index contributed by atoms with van der Waals surface area (Å²) >= 11 is 0. The summed E-state index contributed by atoms with van der Waals surface area (Å²) in [6, 6.07) is 4.80. The molecule has 21 heavy (non-hydrogen) atoms. The van der Waals surface area contributed by atoms with Crippen LogP contribution in [0.25, 0.3) is 0 Å².